The van der Waals surface area contributed by atoms with Gasteiger partial charge in [-0.3, -0.25) is 14.9 Å². The predicted molar refractivity (Wildman–Crippen MR) is 103 cm³/mol. The molecule has 0 bridgehead atoms. The van der Waals surface area contributed by atoms with Crippen LogP contribution in [0.5, 0.6) is 0 Å². The molecule has 8 nitrogen and oxygen atoms in total. The van der Waals surface area contributed by atoms with E-state index in [4.69, 9.17) is 0 Å². The summed E-state index contributed by atoms with van der Waals surface area (Å²) in [7, 11) is -3.24. The third kappa shape index (κ3) is 5.12. The van der Waals surface area contributed by atoms with Crippen LogP contribution in [0.1, 0.15) is 16.1 Å². The molecule has 2 heterocycles. The fourth-order valence-electron chi connectivity index (χ4n) is 2.75. The van der Waals surface area contributed by atoms with Crippen LogP contribution in [0.4, 0.5) is 9.52 Å². The van der Waals surface area contributed by atoms with Crippen molar-refractivity contribution in [3.63, 3.8) is 0 Å². The number of carbonyl (C=O) groups is 2. The molecule has 0 spiro atoms. The summed E-state index contributed by atoms with van der Waals surface area (Å²) >= 11 is 1.19. The van der Waals surface area contributed by atoms with Gasteiger partial charge in [0.2, 0.25) is 15.9 Å². The van der Waals surface area contributed by atoms with Gasteiger partial charge in [0.05, 0.1) is 18.4 Å². The second kappa shape index (κ2) is 8.33. The van der Waals surface area contributed by atoms with E-state index in [-0.39, 0.29) is 25.4 Å². The number of nitrogens with one attached hydrogen (secondary N) is 1. The molecule has 0 radical (unpaired) electrons. The van der Waals surface area contributed by atoms with Crippen molar-refractivity contribution in [1.82, 2.24) is 14.2 Å². The Morgan fingerprint density at radius 1 is 1.18 bits per heavy atom. The Kier molecular flexibility index (Phi) is 6.06. The molecule has 2 amide bonds. The Morgan fingerprint density at radius 2 is 1.82 bits per heavy atom. The van der Waals surface area contributed by atoms with Crippen molar-refractivity contribution in [3.8, 4) is 0 Å². The standard InChI is InChI=1S/C17H19FN4O4S2/c1-28(25,26)22-8-6-21(7-9-22)15(23)10-14-11-27-17(19-14)20-16(24)12-2-4-13(18)5-3-12/h2-5,11H,6-10H2,1H3,(H,19,20,24). The number of anilines is 1. The van der Waals surface area contributed by atoms with Crippen molar-refractivity contribution in [2.24, 2.45) is 0 Å². The number of aromatic nitrogens is 1. The van der Waals surface area contributed by atoms with Crippen molar-refractivity contribution >= 4 is 38.3 Å². The minimum absolute atomic E-state index is 0.0712. The van der Waals surface area contributed by atoms with Crippen LogP contribution in [0.3, 0.4) is 0 Å². The molecule has 11 heteroatoms. The monoisotopic (exact) mass is 426 g/mol. The average molecular weight is 426 g/mol. The Labute approximate surface area is 166 Å². The van der Waals surface area contributed by atoms with Crippen LogP contribution >= 0.6 is 11.3 Å². The second-order valence-corrected chi connectivity index (χ2v) is 9.17. The lowest BCUT2D eigenvalue weighted by Gasteiger charge is -2.33. The second-order valence-electron chi connectivity index (χ2n) is 6.32. The SMILES string of the molecule is CS(=O)(=O)N1CCN(C(=O)Cc2csc(NC(=O)c3ccc(F)cc3)n2)CC1. The van der Waals surface area contributed by atoms with Crippen LogP contribution in [0.2, 0.25) is 0 Å². The van der Waals surface area contributed by atoms with E-state index in [0.717, 1.165) is 6.26 Å². The lowest BCUT2D eigenvalue weighted by Crippen LogP contribution is -2.50. The lowest BCUT2D eigenvalue weighted by molar-refractivity contribution is -0.131. The van der Waals surface area contributed by atoms with Crippen molar-refractivity contribution in [2.75, 3.05) is 37.8 Å². The van der Waals surface area contributed by atoms with Crippen LogP contribution in [0, 0.1) is 5.82 Å². The highest BCUT2D eigenvalue weighted by Crippen LogP contribution is 2.18. The number of benzene rings is 1. The molecule has 28 heavy (non-hydrogen) atoms. The van der Waals surface area contributed by atoms with Crippen LogP contribution in [0.15, 0.2) is 29.6 Å². The average Bonchev–Trinajstić information content (AvgIpc) is 3.08. The smallest absolute Gasteiger partial charge is 0.257 e. The molecule has 1 aliphatic heterocycles. The summed E-state index contributed by atoms with van der Waals surface area (Å²) in [5.74, 6) is -0.983. The van der Waals surface area contributed by atoms with Crippen molar-refractivity contribution in [3.05, 3.63) is 46.7 Å². The lowest BCUT2D eigenvalue weighted by atomic mass is 10.2. The highest BCUT2D eigenvalue weighted by atomic mass is 32.2. The van der Waals surface area contributed by atoms with E-state index in [1.165, 1.54) is 39.9 Å². The third-order valence-corrected chi connectivity index (χ3v) is 6.38. The number of hydrogen-bond acceptors (Lipinski definition) is 6. The van der Waals surface area contributed by atoms with Gasteiger partial charge in [-0.15, -0.1) is 11.3 Å². The molecule has 1 N–H and O–H groups in total. The number of amides is 2. The summed E-state index contributed by atoms with van der Waals surface area (Å²) in [4.78, 5) is 30.4. The number of thiazole rings is 1. The molecule has 150 valence electrons. The summed E-state index contributed by atoms with van der Waals surface area (Å²) in [5, 5.41) is 4.65. The fraction of sp³-hybridized carbons (Fsp3) is 0.353. The highest BCUT2D eigenvalue weighted by molar-refractivity contribution is 7.88. The van der Waals surface area contributed by atoms with E-state index < -0.39 is 21.7 Å². The van der Waals surface area contributed by atoms with Gasteiger partial charge in [0.1, 0.15) is 5.82 Å². The zero-order valence-electron chi connectivity index (χ0n) is 15.1. The summed E-state index contributed by atoms with van der Waals surface area (Å²) in [6, 6.07) is 5.15. The van der Waals surface area contributed by atoms with Crippen molar-refractivity contribution in [1.29, 1.82) is 0 Å². The predicted octanol–water partition coefficient (Wildman–Crippen LogP) is 1.18. The molecule has 2 aromatic rings. The van der Waals surface area contributed by atoms with Crippen LogP contribution in [0.25, 0.3) is 0 Å². The zero-order chi connectivity index (χ0) is 20.3. The first-order valence-electron chi connectivity index (χ1n) is 8.46. The van der Waals surface area contributed by atoms with Gasteiger partial charge in [0.15, 0.2) is 5.13 Å². The molecule has 1 saturated heterocycles. The van der Waals surface area contributed by atoms with Gasteiger partial charge in [-0.2, -0.15) is 4.31 Å². The Bertz CT molecular complexity index is 967. The van der Waals surface area contributed by atoms with Crippen LogP contribution < -0.4 is 5.32 Å². The van der Waals surface area contributed by atoms with Gasteiger partial charge in [-0.1, -0.05) is 0 Å². The number of sulfonamides is 1. The topological polar surface area (TPSA) is 99.7 Å². The Hall–Kier alpha value is -2.37. The maximum absolute atomic E-state index is 12.9. The van der Waals surface area contributed by atoms with E-state index in [0.29, 0.717) is 29.5 Å². The number of rotatable bonds is 5. The van der Waals surface area contributed by atoms with Gasteiger partial charge in [0, 0.05) is 37.1 Å². The van der Waals surface area contributed by atoms with Gasteiger partial charge < -0.3 is 4.90 Å². The van der Waals surface area contributed by atoms with Gasteiger partial charge in [-0.25, -0.2) is 17.8 Å². The molecule has 0 atom stereocenters. The molecule has 1 aromatic heterocycles. The van der Waals surface area contributed by atoms with E-state index in [2.05, 4.69) is 10.3 Å². The van der Waals surface area contributed by atoms with Crippen LogP contribution in [-0.4, -0.2) is 66.9 Å². The van der Waals surface area contributed by atoms with Gasteiger partial charge in [0.25, 0.3) is 5.91 Å². The van der Waals surface area contributed by atoms with Gasteiger partial charge >= 0.3 is 0 Å². The first kappa shape index (κ1) is 20.4. The van der Waals surface area contributed by atoms with E-state index in [1.54, 1.807) is 10.3 Å². The zero-order valence-corrected chi connectivity index (χ0v) is 16.7. The normalized spacial score (nSPS) is 15.4. The van der Waals surface area contributed by atoms with E-state index in [1.807, 2.05) is 0 Å². The van der Waals surface area contributed by atoms with Crippen molar-refractivity contribution in [2.45, 2.75) is 6.42 Å². The molecule has 0 saturated carbocycles. The first-order chi connectivity index (χ1) is 13.2. The third-order valence-electron chi connectivity index (χ3n) is 4.27. The molecular weight excluding hydrogens is 407 g/mol. The number of halogens is 1. The Balaban J connectivity index is 1.54. The number of carbonyl (C=O) groups excluding carboxylic acids is 2. The molecular formula is C17H19FN4O4S2. The Morgan fingerprint density at radius 3 is 2.43 bits per heavy atom. The molecule has 1 aromatic carbocycles. The summed E-state index contributed by atoms with van der Waals surface area (Å²) < 4.78 is 37.3. The summed E-state index contributed by atoms with van der Waals surface area (Å²) in [5.41, 5.74) is 0.827. The molecule has 3 rings (SSSR count). The number of nitrogens with zero attached hydrogens (tertiary/aromatic N) is 3. The quantitative estimate of drug-likeness (QED) is 0.774. The maximum Gasteiger partial charge on any atom is 0.257 e. The molecule has 0 aliphatic carbocycles. The molecule has 1 fully saturated rings. The maximum atomic E-state index is 12.9. The molecule has 0 unspecified atom stereocenters. The largest absolute Gasteiger partial charge is 0.340 e. The summed E-state index contributed by atoms with van der Waals surface area (Å²) in [6.45, 7) is 1.23. The highest BCUT2D eigenvalue weighted by Gasteiger charge is 2.26. The van der Waals surface area contributed by atoms with Gasteiger partial charge in [-0.05, 0) is 24.3 Å². The first-order valence-corrected chi connectivity index (χ1v) is 11.2. The minimum Gasteiger partial charge on any atom is -0.340 e. The molecule has 1 aliphatic rings. The van der Waals surface area contributed by atoms with E-state index >= 15 is 0 Å². The minimum atomic E-state index is -3.24. The number of hydrogen-bond donors (Lipinski definition) is 1. The summed E-state index contributed by atoms with van der Waals surface area (Å²) in [6.07, 6.45) is 1.23. The van der Waals surface area contributed by atoms with Crippen molar-refractivity contribution < 1.29 is 22.4 Å². The van der Waals surface area contributed by atoms with Crippen LogP contribution in [-0.2, 0) is 21.2 Å². The van der Waals surface area contributed by atoms with E-state index in [9.17, 15) is 22.4 Å². The fourth-order valence-corrected chi connectivity index (χ4v) is 4.28. The number of piperazine rings is 1.